The van der Waals surface area contributed by atoms with Crippen LogP contribution in [0.3, 0.4) is 0 Å². The molecule has 0 saturated carbocycles. The zero-order valence-corrected chi connectivity index (χ0v) is 11.6. The van der Waals surface area contributed by atoms with Crippen molar-refractivity contribution in [3.8, 4) is 23.0 Å². The molecule has 0 aliphatic rings. The molecule has 2 rings (SSSR count). The van der Waals surface area contributed by atoms with Gasteiger partial charge in [-0.25, -0.2) is 0 Å². The van der Waals surface area contributed by atoms with Crippen molar-refractivity contribution in [2.75, 3.05) is 20.3 Å². The highest BCUT2D eigenvalue weighted by molar-refractivity contribution is 5.39. The van der Waals surface area contributed by atoms with Crippen molar-refractivity contribution >= 4 is 0 Å². The van der Waals surface area contributed by atoms with E-state index in [0.717, 1.165) is 5.56 Å². The summed E-state index contributed by atoms with van der Waals surface area (Å²) in [6.45, 7) is 2.69. The van der Waals surface area contributed by atoms with E-state index in [4.69, 9.17) is 14.2 Å². The standard InChI is InChI=1S/C16H18O4/c1-12-9-13(17)11-14(10-12)19-7-8-20-16-6-4-3-5-15(16)18-2/h3-6,9-11,17H,7-8H2,1-2H3. The molecular formula is C16H18O4. The van der Waals surface area contributed by atoms with Crippen molar-refractivity contribution < 1.29 is 19.3 Å². The first-order valence-corrected chi connectivity index (χ1v) is 6.38. The zero-order chi connectivity index (χ0) is 14.4. The van der Waals surface area contributed by atoms with Crippen LogP contribution >= 0.6 is 0 Å². The molecule has 0 aromatic heterocycles. The second-order valence-electron chi connectivity index (χ2n) is 4.35. The van der Waals surface area contributed by atoms with Gasteiger partial charge in [0.05, 0.1) is 7.11 Å². The van der Waals surface area contributed by atoms with E-state index >= 15 is 0 Å². The quantitative estimate of drug-likeness (QED) is 0.822. The van der Waals surface area contributed by atoms with E-state index in [1.807, 2.05) is 37.3 Å². The fourth-order valence-electron chi connectivity index (χ4n) is 1.86. The number of hydrogen-bond donors (Lipinski definition) is 1. The predicted octanol–water partition coefficient (Wildman–Crippen LogP) is 3.17. The third-order valence-corrected chi connectivity index (χ3v) is 2.71. The smallest absolute Gasteiger partial charge is 0.161 e. The van der Waals surface area contributed by atoms with E-state index in [1.54, 1.807) is 19.2 Å². The summed E-state index contributed by atoms with van der Waals surface area (Å²) >= 11 is 0. The molecule has 0 heterocycles. The largest absolute Gasteiger partial charge is 0.508 e. The number of para-hydroxylation sites is 2. The summed E-state index contributed by atoms with van der Waals surface area (Å²) in [5, 5.41) is 9.47. The number of methoxy groups -OCH3 is 1. The Morgan fingerprint density at radius 1 is 0.950 bits per heavy atom. The van der Waals surface area contributed by atoms with Gasteiger partial charge in [0.25, 0.3) is 0 Å². The van der Waals surface area contributed by atoms with Crippen LogP contribution in [0.4, 0.5) is 0 Å². The lowest BCUT2D eigenvalue weighted by Crippen LogP contribution is -2.09. The fraction of sp³-hybridized carbons (Fsp3) is 0.250. The molecule has 0 atom stereocenters. The Labute approximate surface area is 118 Å². The first kappa shape index (κ1) is 14.1. The van der Waals surface area contributed by atoms with E-state index in [1.165, 1.54) is 0 Å². The highest BCUT2D eigenvalue weighted by Crippen LogP contribution is 2.26. The zero-order valence-electron chi connectivity index (χ0n) is 11.6. The molecule has 2 aromatic rings. The second kappa shape index (κ2) is 6.70. The molecule has 0 spiro atoms. The van der Waals surface area contributed by atoms with Gasteiger partial charge in [-0.3, -0.25) is 0 Å². The molecule has 106 valence electrons. The summed E-state index contributed by atoms with van der Waals surface area (Å²) in [4.78, 5) is 0. The molecule has 1 N–H and O–H groups in total. The van der Waals surface area contributed by atoms with E-state index in [9.17, 15) is 5.11 Å². The van der Waals surface area contributed by atoms with Gasteiger partial charge in [-0.1, -0.05) is 12.1 Å². The number of ether oxygens (including phenoxy) is 3. The van der Waals surface area contributed by atoms with Gasteiger partial charge in [-0.2, -0.15) is 0 Å². The van der Waals surface area contributed by atoms with Gasteiger partial charge in [0.15, 0.2) is 11.5 Å². The molecule has 0 saturated heterocycles. The first-order chi connectivity index (χ1) is 9.69. The van der Waals surface area contributed by atoms with Gasteiger partial charge in [0.2, 0.25) is 0 Å². The van der Waals surface area contributed by atoms with Crippen molar-refractivity contribution in [1.29, 1.82) is 0 Å². The van der Waals surface area contributed by atoms with Crippen molar-refractivity contribution in [2.45, 2.75) is 6.92 Å². The van der Waals surface area contributed by atoms with Gasteiger partial charge in [0.1, 0.15) is 24.7 Å². The Morgan fingerprint density at radius 2 is 1.65 bits per heavy atom. The van der Waals surface area contributed by atoms with Gasteiger partial charge in [0, 0.05) is 6.07 Å². The van der Waals surface area contributed by atoms with Crippen molar-refractivity contribution in [1.82, 2.24) is 0 Å². The average molecular weight is 274 g/mol. The summed E-state index contributed by atoms with van der Waals surface area (Å²) < 4.78 is 16.3. The van der Waals surface area contributed by atoms with E-state index in [0.29, 0.717) is 30.5 Å². The van der Waals surface area contributed by atoms with Crippen LogP contribution in [0, 0.1) is 6.92 Å². The Bertz CT molecular complexity index is 546. The molecule has 0 aliphatic heterocycles. The molecule has 0 radical (unpaired) electrons. The van der Waals surface area contributed by atoms with E-state index < -0.39 is 0 Å². The van der Waals surface area contributed by atoms with Gasteiger partial charge >= 0.3 is 0 Å². The minimum Gasteiger partial charge on any atom is -0.508 e. The molecule has 0 aliphatic carbocycles. The molecule has 2 aromatic carbocycles. The normalized spacial score (nSPS) is 10.1. The monoisotopic (exact) mass is 274 g/mol. The molecule has 20 heavy (non-hydrogen) atoms. The number of hydrogen-bond acceptors (Lipinski definition) is 4. The molecule has 0 amide bonds. The maximum Gasteiger partial charge on any atom is 0.161 e. The molecule has 4 nitrogen and oxygen atoms in total. The first-order valence-electron chi connectivity index (χ1n) is 6.38. The highest BCUT2D eigenvalue weighted by atomic mass is 16.5. The lowest BCUT2D eigenvalue weighted by Gasteiger charge is -2.11. The Balaban J connectivity index is 1.84. The van der Waals surface area contributed by atoms with Crippen molar-refractivity contribution in [3.63, 3.8) is 0 Å². The highest BCUT2D eigenvalue weighted by Gasteiger charge is 2.03. The number of phenolic OH excluding ortho intramolecular Hbond substituents is 1. The fourth-order valence-corrected chi connectivity index (χ4v) is 1.86. The van der Waals surface area contributed by atoms with Crippen molar-refractivity contribution in [2.24, 2.45) is 0 Å². The number of phenols is 1. The summed E-state index contributed by atoms with van der Waals surface area (Å²) in [5.41, 5.74) is 0.950. The SMILES string of the molecule is COc1ccccc1OCCOc1cc(C)cc(O)c1. The second-order valence-corrected chi connectivity index (χ2v) is 4.35. The molecule has 4 heteroatoms. The third kappa shape index (κ3) is 3.82. The number of aromatic hydroxyl groups is 1. The molecule has 0 fully saturated rings. The van der Waals surface area contributed by atoms with Gasteiger partial charge < -0.3 is 19.3 Å². The van der Waals surface area contributed by atoms with Crippen LogP contribution in [-0.4, -0.2) is 25.4 Å². The number of rotatable bonds is 6. The Morgan fingerprint density at radius 3 is 2.35 bits per heavy atom. The lowest BCUT2D eigenvalue weighted by molar-refractivity contribution is 0.211. The number of aryl methyl sites for hydroxylation is 1. The number of benzene rings is 2. The van der Waals surface area contributed by atoms with Crippen LogP contribution in [0.25, 0.3) is 0 Å². The third-order valence-electron chi connectivity index (χ3n) is 2.71. The van der Waals surface area contributed by atoms with E-state index in [2.05, 4.69) is 0 Å². The Kier molecular flexibility index (Phi) is 4.71. The van der Waals surface area contributed by atoms with Crippen LogP contribution in [-0.2, 0) is 0 Å². The van der Waals surface area contributed by atoms with Crippen LogP contribution in [0.1, 0.15) is 5.56 Å². The van der Waals surface area contributed by atoms with Gasteiger partial charge in [-0.05, 0) is 36.8 Å². The van der Waals surface area contributed by atoms with Crippen LogP contribution in [0.15, 0.2) is 42.5 Å². The van der Waals surface area contributed by atoms with Crippen LogP contribution < -0.4 is 14.2 Å². The summed E-state index contributed by atoms with van der Waals surface area (Å²) in [6, 6.07) is 12.6. The summed E-state index contributed by atoms with van der Waals surface area (Å²) in [7, 11) is 1.61. The van der Waals surface area contributed by atoms with Gasteiger partial charge in [-0.15, -0.1) is 0 Å². The maximum atomic E-state index is 9.47. The minimum absolute atomic E-state index is 0.200. The maximum absolute atomic E-state index is 9.47. The predicted molar refractivity (Wildman–Crippen MR) is 76.8 cm³/mol. The molecular weight excluding hydrogens is 256 g/mol. The summed E-state index contributed by atoms with van der Waals surface area (Å²) in [6.07, 6.45) is 0. The van der Waals surface area contributed by atoms with E-state index in [-0.39, 0.29) is 5.75 Å². The van der Waals surface area contributed by atoms with Crippen molar-refractivity contribution in [3.05, 3.63) is 48.0 Å². The Hall–Kier alpha value is -2.36. The average Bonchev–Trinajstić information content (AvgIpc) is 2.43. The topological polar surface area (TPSA) is 47.9 Å². The molecule has 0 bridgehead atoms. The van der Waals surface area contributed by atoms with Crippen LogP contribution in [0.2, 0.25) is 0 Å². The lowest BCUT2D eigenvalue weighted by atomic mass is 10.2. The minimum atomic E-state index is 0.200. The summed E-state index contributed by atoms with van der Waals surface area (Å²) in [5.74, 6) is 2.21. The molecule has 0 unspecified atom stereocenters. The van der Waals surface area contributed by atoms with Crippen LogP contribution in [0.5, 0.6) is 23.0 Å².